The monoisotopic (exact) mass is 431 g/mol. The van der Waals surface area contributed by atoms with Gasteiger partial charge in [0.25, 0.3) is 5.91 Å². The Morgan fingerprint density at radius 2 is 1.86 bits per heavy atom. The number of anilines is 1. The van der Waals surface area contributed by atoms with E-state index in [9.17, 15) is 13.2 Å². The van der Waals surface area contributed by atoms with Gasteiger partial charge < -0.3 is 5.32 Å². The molecule has 3 aromatic rings. The van der Waals surface area contributed by atoms with Crippen LogP contribution < -0.4 is 5.32 Å². The molecule has 0 bridgehead atoms. The van der Waals surface area contributed by atoms with Crippen LogP contribution in [0.4, 0.5) is 5.69 Å². The van der Waals surface area contributed by atoms with E-state index in [2.05, 4.69) is 10.3 Å². The summed E-state index contributed by atoms with van der Waals surface area (Å²) in [5.74, 6) is -0.293. The van der Waals surface area contributed by atoms with E-state index < -0.39 is 10.0 Å². The molecule has 0 spiro atoms. The summed E-state index contributed by atoms with van der Waals surface area (Å²) >= 11 is 1.60. The number of carbonyl (C=O) groups excluding carboxylic acids is 1. The van der Waals surface area contributed by atoms with Crippen molar-refractivity contribution >= 4 is 43.2 Å². The molecule has 0 radical (unpaired) electrons. The van der Waals surface area contributed by atoms with Gasteiger partial charge in [0.05, 0.1) is 20.1 Å². The van der Waals surface area contributed by atoms with Crippen molar-refractivity contribution in [2.24, 2.45) is 0 Å². The molecule has 0 fully saturated rings. The van der Waals surface area contributed by atoms with Crippen molar-refractivity contribution in [3.05, 3.63) is 53.0 Å². The lowest BCUT2D eigenvalue weighted by Crippen LogP contribution is -2.31. The highest BCUT2D eigenvalue weighted by Crippen LogP contribution is 2.25. The first-order valence-electron chi connectivity index (χ1n) is 9.64. The zero-order valence-corrected chi connectivity index (χ0v) is 18.4. The summed E-state index contributed by atoms with van der Waals surface area (Å²) < 4.78 is 28.1. The first kappa shape index (κ1) is 21.4. The molecule has 0 aliphatic rings. The zero-order chi connectivity index (χ0) is 21.0. The molecule has 0 aliphatic carbocycles. The Hall–Kier alpha value is -2.29. The minimum Gasteiger partial charge on any atom is -0.322 e. The average Bonchev–Trinajstić information content (AvgIpc) is 3.07. The number of amides is 1. The summed E-state index contributed by atoms with van der Waals surface area (Å²) in [7, 11) is -3.55. The molecule has 0 saturated heterocycles. The summed E-state index contributed by atoms with van der Waals surface area (Å²) in [6.45, 7) is 6.72. The number of hydrogen-bond acceptors (Lipinski definition) is 5. The first-order chi connectivity index (χ1) is 13.8. The SMILES string of the molecule is CCCCN(CC)S(=O)(=O)c1ccc(C(=O)Nc2ccc3sc(C)nc3c2)cc1. The van der Waals surface area contributed by atoms with Crippen LogP contribution >= 0.6 is 11.3 Å². The molecule has 29 heavy (non-hydrogen) atoms. The van der Waals surface area contributed by atoms with Crippen molar-refractivity contribution in [1.82, 2.24) is 9.29 Å². The standard InChI is InChI=1S/C21H25N3O3S2/c1-4-6-13-24(5-2)29(26,27)18-10-7-16(8-11-18)21(25)23-17-9-12-20-19(14-17)22-15(3)28-20/h7-12,14H,4-6,13H2,1-3H3,(H,23,25). The van der Waals surface area contributed by atoms with Gasteiger partial charge in [0, 0.05) is 24.3 Å². The minimum atomic E-state index is -3.55. The van der Waals surface area contributed by atoms with E-state index in [0.717, 1.165) is 28.1 Å². The van der Waals surface area contributed by atoms with E-state index in [4.69, 9.17) is 0 Å². The Labute approximate surface area is 175 Å². The van der Waals surface area contributed by atoms with Crippen LogP contribution in [-0.2, 0) is 10.0 Å². The zero-order valence-electron chi connectivity index (χ0n) is 16.8. The Morgan fingerprint density at radius 1 is 1.14 bits per heavy atom. The quantitative estimate of drug-likeness (QED) is 0.562. The van der Waals surface area contributed by atoms with E-state index in [1.165, 1.54) is 16.4 Å². The van der Waals surface area contributed by atoms with Crippen molar-refractivity contribution in [3.63, 3.8) is 0 Å². The predicted octanol–water partition coefficient (Wildman–Crippen LogP) is 4.67. The molecule has 1 aromatic heterocycles. The van der Waals surface area contributed by atoms with Crippen molar-refractivity contribution < 1.29 is 13.2 Å². The molecule has 3 rings (SSSR count). The summed E-state index contributed by atoms with van der Waals surface area (Å²) in [4.78, 5) is 17.2. The number of aromatic nitrogens is 1. The third-order valence-corrected chi connectivity index (χ3v) is 7.56. The van der Waals surface area contributed by atoms with Crippen molar-refractivity contribution in [2.45, 2.75) is 38.5 Å². The normalized spacial score (nSPS) is 11.9. The average molecular weight is 432 g/mol. The van der Waals surface area contributed by atoms with E-state index in [1.807, 2.05) is 39.0 Å². The number of fused-ring (bicyclic) bond motifs is 1. The van der Waals surface area contributed by atoms with Gasteiger partial charge >= 0.3 is 0 Å². The Balaban J connectivity index is 1.75. The van der Waals surface area contributed by atoms with Gasteiger partial charge in [0.15, 0.2) is 0 Å². The summed E-state index contributed by atoms with van der Waals surface area (Å²) in [5, 5.41) is 3.82. The highest BCUT2D eigenvalue weighted by atomic mass is 32.2. The Bertz CT molecular complexity index is 1110. The highest BCUT2D eigenvalue weighted by molar-refractivity contribution is 7.89. The number of unbranched alkanes of at least 4 members (excludes halogenated alkanes) is 1. The minimum absolute atomic E-state index is 0.200. The van der Waals surface area contributed by atoms with E-state index in [0.29, 0.717) is 24.3 Å². The van der Waals surface area contributed by atoms with Gasteiger partial charge in [-0.2, -0.15) is 4.31 Å². The molecule has 2 aromatic carbocycles. The van der Waals surface area contributed by atoms with E-state index in [1.54, 1.807) is 23.5 Å². The van der Waals surface area contributed by atoms with Crippen molar-refractivity contribution in [1.29, 1.82) is 0 Å². The lowest BCUT2D eigenvalue weighted by molar-refractivity contribution is 0.102. The summed E-state index contributed by atoms with van der Waals surface area (Å²) in [6.07, 6.45) is 1.74. The van der Waals surface area contributed by atoms with Crippen LogP contribution in [0.25, 0.3) is 10.2 Å². The van der Waals surface area contributed by atoms with Crippen LogP contribution in [0.5, 0.6) is 0 Å². The molecule has 0 unspecified atom stereocenters. The largest absolute Gasteiger partial charge is 0.322 e. The maximum absolute atomic E-state index is 12.8. The fraction of sp³-hybridized carbons (Fsp3) is 0.333. The second-order valence-corrected chi connectivity index (χ2v) is 9.92. The molecule has 1 heterocycles. The number of aryl methyl sites for hydroxylation is 1. The smallest absolute Gasteiger partial charge is 0.255 e. The first-order valence-corrected chi connectivity index (χ1v) is 11.9. The molecule has 0 saturated carbocycles. The maximum atomic E-state index is 12.8. The number of benzene rings is 2. The van der Waals surface area contributed by atoms with Gasteiger partial charge in [-0.1, -0.05) is 20.3 Å². The fourth-order valence-corrected chi connectivity index (χ4v) is 5.33. The van der Waals surface area contributed by atoms with Crippen LogP contribution in [0.3, 0.4) is 0 Å². The molecule has 6 nitrogen and oxygen atoms in total. The number of hydrogen-bond donors (Lipinski definition) is 1. The van der Waals surface area contributed by atoms with Gasteiger partial charge in [0.2, 0.25) is 10.0 Å². The Morgan fingerprint density at radius 3 is 2.52 bits per heavy atom. The lowest BCUT2D eigenvalue weighted by Gasteiger charge is -2.20. The predicted molar refractivity (Wildman–Crippen MR) is 118 cm³/mol. The van der Waals surface area contributed by atoms with Gasteiger partial charge in [-0.15, -0.1) is 11.3 Å². The second kappa shape index (κ2) is 9.02. The number of carbonyl (C=O) groups is 1. The van der Waals surface area contributed by atoms with Gasteiger partial charge in [-0.3, -0.25) is 4.79 Å². The third kappa shape index (κ3) is 4.83. The lowest BCUT2D eigenvalue weighted by atomic mass is 10.2. The van der Waals surface area contributed by atoms with Crippen LogP contribution in [0.15, 0.2) is 47.4 Å². The van der Waals surface area contributed by atoms with Crippen molar-refractivity contribution in [2.75, 3.05) is 18.4 Å². The molecule has 154 valence electrons. The molecular formula is C21H25N3O3S2. The van der Waals surface area contributed by atoms with Gasteiger partial charge in [-0.05, 0) is 55.8 Å². The molecular weight excluding hydrogens is 406 g/mol. The Kier molecular flexibility index (Phi) is 6.66. The molecule has 1 amide bonds. The number of rotatable bonds is 8. The number of sulfonamides is 1. The van der Waals surface area contributed by atoms with Crippen LogP contribution in [0.2, 0.25) is 0 Å². The fourth-order valence-electron chi connectivity index (χ4n) is 3.03. The van der Waals surface area contributed by atoms with Crippen LogP contribution in [0.1, 0.15) is 42.1 Å². The number of nitrogens with one attached hydrogen (secondary N) is 1. The molecule has 0 aliphatic heterocycles. The van der Waals surface area contributed by atoms with Gasteiger partial charge in [0.1, 0.15) is 0 Å². The number of thiazole rings is 1. The van der Waals surface area contributed by atoms with E-state index in [-0.39, 0.29) is 10.8 Å². The van der Waals surface area contributed by atoms with E-state index >= 15 is 0 Å². The molecule has 0 atom stereocenters. The number of nitrogens with zero attached hydrogens (tertiary/aromatic N) is 2. The maximum Gasteiger partial charge on any atom is 0.255 e. The molecule has 1 N–H and O–H groups in total. The van der Waals surface area contributed by atoms with Crippen LogP contribution in [-0.4, -0.2) is 36.7 Å². The highest BCUT2D eigenvalue weighted by Gasteiger charge is 2.22. The summed E-state index contributed by atoms with van der Waals surface area (Å²) in [5.41, 5.74) is 1.90. The summed E-state index contributed by atoms with van der Waals surface area (Å²) in [6, 6.07) is 11.7. The van der Waals surface area contributed by atoms with Gasteiger partial charge in [-0.25, -0.2) is 13.4 Å². The van der Waals surface area contributed by atoms with Crippen LogP contribution in [0, 0.1) is 6.92 Å². The van der Waals surface area contributed by atoms with Crippen molar-refractivity contribution in [3.8, 4) is 0 Å². The molecule has 8 heteroatoms. The topological polar surface area (TPSA) is 79.4 Å². The third-order valence-electron chi connectivity index (χ3n) is 4.62. The second-order valence-electron chi connectivity index (χ2n) is 6.74.